The number of ether oxygens (including phenoxy) is 1. The summed E-state index contributed by atoms with van der Waals surface area (Å²) < 4.78 is 71.3. The van der Waals surface area contributed by atoms with Gasteiger partial charge in [0.25, 0.3) is 0 Å². The van der Waals surface area contributed by atoms with Crippen molar-refractivity contribution in [3.05, 3.63) is 18.0 Å². The van der Waals surface area contributed by atoms with Gasteiger partial charge in [0, 0.05) is 50.4 Å². The van der Waals surface area contributed by atoms with E-state index in [1.165, 1.54) is 31.5 Å². The van der Waals surface area contributed by atoms with Gasteiger partial charge in [-0.15, -0.1) is 0 Å². The first-order valence-corrected chi connectivity index (χ1v) is 10.7. The summed E-state index contributed by atoms with van der Waals surface area (Å²) in [6.45, 7) is 10.8. The summed E-state index contributed by atoms with van der Waals surface area (Å²) >= 11 is 0. The Labute approximate surface area is 198 Å². The van der Waals surface area contributed by atoms with Gasteiger partial charge < -0.3 is 19.8 Å². The second-order valence-corrected chi connectivity index (χ2v) is 8.36. The molecule has 1 spiro atoms. The molecule has 3 rings (SSSR count). The van der Waals surface area contributed by atoms with E-state index in [0.717, 1.165) is 39.4 Å². The lowest BCUT2D eigenvalue weighted by atomic mass is 9.80. The highest BCUT2D eigenvalue weighted by atomic mass is 19.4. The zero-order valence-electron chi connectivity index (χ0n) is 19.4. The molecular weight excluding hydrogens is 490 g/mol. The van der Waals surface area contributed by atoms with Crippen LogP contribution in [0.25, 0.3) is 0 Å². The van der Waals surface area contributed by atoms with Crippen LogP contribution in [0.15, 0.2) is 12.4 Å². The number of carbonyl (C=O) groups is 2. The molecule has 9 nitrogen and oxygen atoms in total. The Hall–Kier alpha value is -2.39. The number of likely N-dealkylation sites (tertiary alicyclic amines) is 1. The Morgan fingerprint density at radius 3 is 2.06 bits per heavy atom. The van der Waals surface area contributed by atoms with Crippen molar-refractivity contribution in [3.63, 3.8) is 0 Å². The summed E-state index contributed by atoms with van der Waals surface area (Å²) in [6, 6.07) is 0. The average Bonchev–Trinajstić information content (AvgIpc) is 3.03. The second-order valence-electron chi connectivity index (χ2n) is 8.36. The highest BCUT2D eigenvalue weighted by molar-refractivity contribution is 5.73. The monoisotopic (exact) mass is 520 g/mol. The van der Waals surface area contributed by atoms with E-state index in [0.29, 0.717) is 5.41 Å². The first kappa shape index (κ1) is 30.6. The van der Waals surface area contributed by atoms with Crippen molar-refractivity contribution in [1.29, 1.82) is 0 Å². The summed E-state index contributed by atoms with van der Waals surface area (Å²) in [7, 11) is 1.99. The molecule has 2 saturated heterocycles. The van der Waals surface area contributed by atoms with Crippen molar-refractivity contribution in [2.75, 3.05) is 45.9 Å². The number of carboxylic acid groups (broad SMARTS) is 2. The van der Waals surface area contributed by atoms with Gasteiger partial charge in [-0.05, 0) is 25.9 Å². The van der Waals surface area contributed by atoms with Crippen LogP contribution in [-0.2, 0) is 27.9 Å². The minimum Gasteiger partial charge on any atom is -0.475 e. The van der Waals surface area contributed by atoms with Crippen molar-refractivity contribution in [2.24, 2.45) is 12.5 Å². The van der Waals surface area contributed by atoms with Gasteiger partial charge >= 0.3 is 24.3 Å². The molecule has 0 aliphatic carbocycles. The Kier molecular flexibility index (Phi) is 11.4. The second kappa shape index (κ2) is 13.1. The van der Waals surface area contributed by atoms with Crippen LogP contribution in [0.3, 0.4) is 0 Å². The first-order chi connectivity index (χ1) is 16.1. The lowest BCUT2D eigenvalue weighted by Gasteiger charge is -2.43. The number of aryl methyl sites for hydroxylation is 1. The molecule has 1 atom stereocenters. The van der Waals surface area contributed by atoms with Crippen molar-refractivity contribution in [3.8, 4) is 0 Å². The van der Waals surface area contributed by atoms with Crippen LogP contribution in [0.1, 0.15) is 25.3 Å². The van der Waals surface area contributed by atoms with E-state index in [1.54, 1.807) is 0 Å². The Morgan fingerprint density at radius 2 is 1.60 bits per heavy atom. The predicted molar refractivity (Wildman–Crippen MR) is 110 cm³/mol. The maximum atomic E-state index is 10.6. The van der Waals surface area contributed by atoms with Crippen LogP contribution in [0.5, 0.6) is 0 Å². The van der Waals surface area contributed by atoms with Gasteiger partial charge in [0.1, 0.15) is 0 Å². The summed E-state index contributed by atoms with van der Waals surface area (Å²) in [5.74, 6) is -5.51. The molecule has 2 N–H and O–H groups in total. The maximum absolute atomic E-state index is 10.6. The molecule has 1 unspecified atom stereocenters. The summed E-state index contributed by atoms with van der Waals surface area (Å²) in [5.41, 5.74) is 1.64. The van der Waals surface area contributed by atoms with Crippen molar-refractivity contribution < 1.29 is 50.9 Å². The average molecular weight is 520 g/mol. The number of aliphatic carboxylic acids is 2. The van der Waals surface area contributed by atoms with E-state index in [4.69, 9.17) is 24.5 Å². The van der Waals surface area contributed by atoms with E-state index in [1.807, 2.05) is 17.9 Å². The zero-order valence-corrected chi connectivity index (χ0v) is 19.4. The topological polar surface area (TPSA) is 108 Å². The lowest BCUT2D eigenvalue weighted by molar-refractivity contribution is -0.193. The molecule has 1 aromatic rings. The quantitative estimate of drug-likeness (QED) is 0.586. The molecule has 0 saturated carbocycles. The molecule has 2 fully saturated rings. The van der Waals surface area contributed by atoms with Gasteiger partial charge in [-0.2, -0.15) is 31.4 Å². The SMILES string of the molecule is CCN1CCOCC2(CCCN(Cc3cnn(C)c3)C2)C1.O=C(O)C(F)(F)F.O=C(O)C(F)(F)F. The number of hydrogen-bond donors (Lipinski definition) is 2. The van der Waals surface area contributed by atoms with Crippen LogP contribution < -0.4 is 0 Å². The molecule has 202 valence electrons. The molecule has 35 heavy (non-hydrogen) atoms. The third-order valence-electron chi connectivity index (χ3n) is 5.36. The van der Waals surface area contributed by atoms with Gasteiger partial charge in [-0.1, -0.05) is 6.92 Å². The fourth-order valence-electron chi connectivity index (χ4n) is 3.85. The van der Waals surface area contributed by atoms with Crippen LogP contribution >= 0.6 is 0 Å². The Bertz CT molecular complexity index is 793. The summed E-state index contributed by atoms with van der Waals surface area (Å²) in [6.07, 6.45) is -3.47. The molecule has 15 heteroatoms. The van der Waals surface area contributed by atoms with Crippen LogP contribution in [-0.4, -0.2) is 100 Å². The highest BCUT2D eigenvalue weighted by Gasteiger charge is 2.39. The van der Waals surface area contributed by atoms with E-state index >= 15 is 0 Å². The number of rotatable bonds is 3. The predicted octanol–water partition coefficient (Wildman–Crippen LogP) is 2.62. The van der Waals surface area contributed by atoms with E-state index in [2.05, 4.69) is 28.0 Å². The molecule has 2 aliphatic rings. The number of alkyl halides is 6. The van der Waals surface area contributed by atoms with E-state index in [9.17, 15) is 26.3 Å². The fraction of sp³-hybridized carbons (Fsp3) is 0.750. The van der Waals surface area contributed by atoms with Crippen molar-refractivity contribution in [1.82, 2.24) is 19.6 Å². The van der Waals surface area contributed by atoms with Gasteiger partial charge in [0.05, 0.1) is 19.4 Å². The number of hydrogen-bond acceptors (Lipinski definition) is 6. The number of aromatic nitrogens is 2. The fourth-order valence-corrected chi connectivity index (χ4v) is 3.85. The third-order valence-corrected chi connectivity index (χ3v) is 5.36. The molecule has 0 amide bonds. The number of carboxylic acids is 2. The molecule has 0 bridgehead atoms. The third kappa shape index (κ3) is 11.3. The zero-order chi connectivity index (χ0) is 26.9. The number of likely N-dealkylation sites (N-methyl/N-ethyl adjacent to an activating group) is 1. The highest BCUT2D eigenvalue weighted by Crippen LogP contribution is 2.33. The standard InChI is InChI=1S/C16H28N4O.2C2HF3O2/c1-3-19-7-8-21-14-16(12-19)5-4-6-20(13-16)11-15-9-17-18(2)10-15;2*3-2(4,5)1(6)7/h9-10H,3-8,11-14H2,1-2H3;2*(H,6,7). The van der Waals surface area contributed by atoms with Gasteiger partial charge in [0.15, 0.2) is 0 Å². The van der Waals surface area contributed by atoms with Crippen LogP contribution in [0.2, 0.25) is 0 Å². The smallest absolute Gasteiger partial charge is 0.475 e. The largest absolute Gasteiger partial charge is 0.490 e. The molecule has 3 heterocycles. The maximum Gasteiger partial charge on any atom is 0.490 e. The van der Waals surface area contributed by atoms with Gasteiger partial charge in [0.2, 0.25) is 0 Å². The van der Waals surface area contributed by atoms with Crippen LogP contribution in [0.4, 0.5) is 26.3 Å². The first-order valence-electron chi connectivity index (χ1n) is 10.7. The molecular formula is C20H30F6N4O5. The van der Waals surface area contributed by atoms with Crippen molar-refractivity contribution in [2.45, 2.75) is 38.7 Å². The normalized spacial score (nSPS) is 21.8. The Balaban J connectivity index is 0.000000362. The number of nitrogens with zero attached hydrogens (tertiary/aromatic N) is 4. The van der Waals surface area contributed by atoms with Gasteiger partial charge in [-0.3, -0.25) is 9.58 Å². The molecule has 2 aliphatic heterocycles. The minimum absolute atomic E-state index is 0.326. The molecule has 0 aromatic carbocycles. The summed E-state index contributed by atoms with van der Waals surface area (Å²) in [5, 5.41) is 18.5. The molecule has 0 radical (unpaired) electrons. The summed E-state index contributed by atoms with van der Waals surface area (Å²) in [4.78, 5) is 22.9. The number of piperidine rings is 1. The van der Waals surface area contributed by atoms with E-state index in [-0.39, 0.29) is 0 Å². The van der Waals surface area contributed by atoms with Crippen molar-refractivity contribution >= 4 is 11.9 Å². The minimum atomic E-state index is -5.08. The molecule has 1 aromatic heterocycles. The number of halogens is 6. The lowest BCUT2D eigenvalue weighted by Crippen LogP contribution is -2.50. The Morgan fingerprint density at radius 1 is 1.06 bits per heavy atom. The van der Waals surface area contributed by atoms with Crippen LogP contribution in [0, 0.1) is 5.41 Å². The van der Waals surface area contributed by atoms with Gasteiger partial charge in [-0.25, -0.2) is 9.59 Å². The van der Waals surface area contributed by atoms with E-state index < -0.39 is 24.3 Å².